The van der Waals surface area contributed by atoms with Crippen LogP contribution in [-0.2, 0) is 13.1 Å². The number of aromatic nitrogens is 4. The highest BCUT2D eigenvalue weighted by Crippen LogP contribution is 2.16. The maximum Gasteiger partial charge on any atom is 0.337 e. The normalized spacial score (nSPS) is 11.1. The molecule has 0 aliphatic heterocycles. The molecule has 2 heterocycles. The van der Waals surface area contributed by atoms with Gasteiger partial charge >= 0.3 is 5.69 Å². The Kier molecular flexibility index (Phi) is 4.20. The van der Waals surface area contributed by atoms with Crippen LogP contribution in [0, 0.1) is 6.92 Å². The summed E-state index contributed by atoms with van der Waals surface area (Å²) in [7, 11) is 0. The maximum absolute atomic E-state index is 12.9. The van der Waals surface area contributed by atoms with Crippen molar-refractivity contribution in [2.24, 2.45) is 0 Å². The lowest BCUT2D eigenvalue weighted by molar-refractivity contribution is 0.669. The van der Waals surface area contributed by atoms with E-state index in [1.165, 1.54) is 9.13 Å². The van der Waals surface area contributed by atoms with Crippen molar-refractivity contribution in [3.8, 4) is 5.69 Å². The Morgan fingerprint density at radius 3 is 2.67 bits per heavy atom. The van der Waals surface area contributed by atoms with Gasteiger partial charge in [-0.3, -0.25) is 9.36 Å². The highest BCUT2D eigenvalue weighted by Gasteiger charge is 2.19. The minimum absolute atomic E-state index is 0.163. The molecule has 0 aliphatic carbocycles. The standard InChI is InChI=1S/C18H20N4O2/c1-4-10-20-12-19-16-15(20)17(23)21(11-5-2)18(24)22(16)14-9-7-6-8-13(14)3/h5-9,12H,2,4,10-11H2,1,3H3. The van der Waals surface area contributed by atoms with Crippen molar-refractivity contribution in [3.05, 3.63) is 69.6 Å². The fraction of sp³-hybridized carbons (Fsp3) is 0.278. The zero-order valence-corrected chi connectivity index (χ0v) is 13.9. The van der Waals surface area contributed by atoms with Gasteiger partial charge in [0.2, 0.25) is 0 Å². The van der Waals surface area contributed by atoms with Crippen LogP contribution in [0.4, 0.5) is 0 Å². The number of imidazole rings is 1. The first-order valence-corrected chi connectivity index (χ1v) is 7.97. The lowest BCUT2D eigenvalue weighted by Gasteiger charge is -2.13. The predicted molar refractivity (Wildman–Crippen MR) is 94.8 cm³/mol. The smallest absolute Gasteiger partial charge is 0.325 e. The van der Waals surface area contributed by atoms with Gasteiger partial charge in [-0.1, -0.05) is 31.2 Å². The van der Waals surface area contributed by atoms with Gasteiger partial charge in [-0.05, 0) is 25.0 Å². The van der Waals surface area contributed by atoms with Gasteiger partial charge in [0, 0.05) is 13.1 Å². The van der Waals surface area contributed by atoms with Crippen molar-refractivity contribution >= 4 is 11.2 Å². The second-order valence-electron chi connectivity index (χ2n) is 5.72. The first-order valence-electron chi connectivity index (χ1n) is 7.97. The number of nitrogens with zero attached hydrogens (tertiary/aromatic N) is 4. The Bertz CT molecular complexity index is 1020. The predicted octanol–water partition coefficient (Wildman–Crippen LogP) is 2.25. The Labute approximate surface area is 139 Å². The van der Waals surface area contributed by atoms with Crippen LogP contribution in [0.15, 0.2) is 52.8 Å². The number of fused-ring (bicyclic) bond motifs is 1. The fourth-order valence-electron chi connectivity index (χ4n) is 2.91. The van der Waals surface area contributed by atoms with E-state index >= 15 is 0 Å². The third kappa shape index (κ3) is 2.40. The Hall–Kier alpha value is -2.89. The highest BCUT2D eigenvalue weighted by molar-refractivity contribution is 5.72. The molecule has 6 nitrogen and oxygen atoms in total. The molecule has 6 heteroatoms. The summed E-state index contributed by atoms with van der Waals surface area (Å²) in [5.74, 6) is 0. The largest absolute Gasteiger partial charge is 0.337 e. The second kappa shape index (κ2) is 6.31. The van der Waals surface area contributed by atoms with E-state index in [9.17, 15) is 9.59 Å². The van der Waals surface area contributed by atoms with Gasteiger partial charge in [-0.15, -0.1) is 6.58 Å². The number of para-hydroxylation sites is 1. The minimum atomic E-state index is -0.400. The van der Waals surface area contributed by atoms with Crippen LogP contribution in [-0.4, -0.2) is 18.7 Å². The molecular weight excluding hydrogens is 304 g/mol. The SMILES string of the molecule is C=CCn1c(=O)c2c(ncn2CCC)n(-c2ccccc2C)c1=O. The molecule has 0 N–H and O–H groups in total. The maximum atomic E-state index is 12.9. The monoisotopic (exact) mass is 324 g/mol. The zero-order chi connectivity index (χ0) is 17.3. The zero-order valence-electron chi connectivity index (χ0n) is 13.9. The first kappa shape index (κ1) is 16.0. The van der Waals surface area contributed by atoms with E-state index in [1.54, 1.807) is 12.4 Å². The van der Waals surface area contributed by atoms with Gasteiger partial charge in [0.15, 0.2) is 11.2 Å². The molecule has 0 fully saturated rings. The molecule has 24 heavy (non-hydrogen) atoms. The molecule has 3 aromatic rings. The summed E-state index contributed by atoms with van der Waals surface area (Å²) >= 11 is 0. The van der Waals surface area contributed by atoms with Crippen molar-refractivity contribution in [2.75, 3.05) is 0 Å². The number of aryl methyl sites for hydroxylation is 2. The number of hydrogen-bond donors (Lipinski definition) is 0. The summed E-state index contributed by atoms with van der Waals surface area (Å²) in [5, 5.41) is 0. The molecule has 0 saturated carbocycles. The van der Waals surface area contributed by atoms with E-state index in [4.69, 9.17) is 0 Å². The van der Waals surface area contributed by atoms with Crippen LogP contribution in [0.2, 0.25) is 0 Å². The lowest BCUT2D eigenvalue weighted by Crippen LogP contribution is -2.40. The van der Waals surface area contributed by atoms with Crippen LogP contribution < -0.4 is 11.2 Å². The average molecular weight is 324 g/mol. The summed E-state index contributed by atoms with van der Waals surface area (Å²) in [4.78, 5) is 30.1. The molecule has 0 saturated heterocycles. The van der Waals surface area contributed by atoms with E-state index in [0.29, 0.717) is 17.7 Å². The van der Waals surface area contributed by atoms with Crippen molar-refractivity contribution in [2.45, 2.75) is 33.4 Å². The van der Waals surface area contributed by atoms with Gasteiger partial charge in [0.1, 0.15) is 0 Å². The summed E-state index contributed by atoms with van der Waals surface area (Å²) in [6.45, 7) is 8.45. The molecule has 0 amide bonds. The number of benzene rings is 1. The first-order chi connectivity index (χ1) is 11.6. The van der Waals surface area contributed by atoms with Gasteiger partial charge in [-0.2, -0.15) is 0 Å². The van der Waals surface area contributed by atoms with Crippen LogP contribution >= 0.6 is 0 Å². The van der Waals surface area contributed by atoms with Gasteiger partial charge in [0.25, 0.3) is 5.56 Å². The van der Waals surface area contributed by atoms with Gasteiger partial charge in [0.05, 0.1) is 12.0 Å². The quantitative estimate of drug-likeness (QED) is 0.676. The average Bonchev–Trinajstić information content (AvgIpc) is 2.97. The number of rotatable bonds is 5. The van der Waals surface area contributed by atoms with Crippen LogP contribution in [0.1, 0.15) is 18.9 Å². The summed E-state index contributed by atoms with van der Waals surface area (Å²) in [6, 6.07) is 7.57. The molecular formula is C18H20N4O2. The van der Waals surface area contributed by atoms with E-state index in [2.05, 4.69) is 11.6 Å². The molecule has 0 atom stereocenters. The van der Waals surface area contributed by atoms with Crippen molar-refractivity contribution in [3.63, 3.8) is 0 Å². The number of hydrogen-bond acceptors (Lipinski definition) is 3. The Morgan fingerprint density at radius 1 is 1.25 bits per heavy atom. The van der Waals surface area contributed by atoms with Crippen molar-refractivity contribution < 1.29 is 0 Å². The van der Waals surface area contributed by atoms with Crippen LogP contribution in [0.3, 0.4) is 0 Å². The molecule has 2 aromatic heterocycles. The molecule has 0 spiro atoms. The van der Waals surface area contributed by atoms with Crippen molar-refractivity contribution in [1.82, 2.24) is 18.7 Å². The Balaban J connectivity index is 2.49. The highest BCUT2D eigenvalue weighted by atomic mass is 16.2. The van der Waals surface area contributed by atoms with Crippen molar-refractivity contribution in [1.29, 1.82) is 0 Å². The van der Waals surface area contributed by atoms with Crippen LogP contribution in [0.25, 0.3) is 16.9 Å². The minimum Gasteiger partial charge on any atom is -0.325 e. The third-order valence-electron chi connectivity index (χ3n) is 4.03. The lowest BCUT2D eigenvalue weighted by atomic mass is 10.2. The molecule has 124 valence electrons. The Morgan fingerprint density at radius 2 is 2.00 bits per heavy atom. The molecule has 0 bridgehead atoms. The molecule has 0 radical (unpaired) electrons. The van der Waals surface area contributed by atoms with Gasteiger partial charge < -0.3 is 4.57 Å². The topological polar surface area (TPSA) is 61.8 Å². The van der Waals surface area contributed by atoms with E-state index in [0.717, 1.165) is 17.7 Å². The summed E-state index contributed by atoms with van der Waals surface area (Å²) < 4.78 is 4.53. The molecule has 0 aliphatic rings. The number of allylic oxidation sites excluding steroid dienone is 1. The van der Waals surface area contributed by atoms with E-state index in [-0.39, 0.29) is 12.1 Å². The van der Waals surface area contributed by atoms with Gasteiger partial charge in [-0.25, -0.2) is 14.3 Å². The van der Waals surface area contributed by atoms with E-state index < -0.39 is 5.69 Å². The summed E-state index contributed by atoms with van der Waals surface area (Å²) in [5.41, 5.74) is 1.78. The fourth-order valence-corrected chi connectivity index (χ4v) is 2.91. The molecule has 1 aromatic carbocycles. The molecule has 3 rings (SSSR count). The van der Waals surface area contributed by atoms with Crippen LogP contribution in [0.5, 0.6) is 0 Å². The second-order valence-corrected chi connectivity index (χ2v) is 5.72. The third-order valence-corrected chi connectivity index (χ3v) is 4.03. The van der Waals surface area contributed by atoms with E-state index in [1.807, 2.05) is 42.7 Å². The molecule has 0 unspecified atom stereocenters. The summed E-state index contributed by atoms with van der Waals surface area (Å²) in [6.07, 6.45) is 4.05.